The van der Waals surface area contributed by atoms with Gasteiger partial charge in [0, 0.05) is 50.9 Å². The number of aromatic nitrogens is 6. The largest absolute Gasteiger partial charge is 0.491 e. The van der Waals surface area contributed by atoms with Crippen molar-refractivity contribution in [1.82, 2.24) is 45.1 Å². The van der Waals surface area contributed by atoms with Crippen molar-refractivity contribution in [2.45, 2.75) is 44.7 Å². The maximum atomic E-state index is 13.1. The second kappa shape index (κ2) is 18.6. The molecule has 5 aromatic rings. The van der Waals surface area contributed by atoms with E-state index < -0.39 is 29.7 Å². The number of likely N-dealkylation sites (N-methyl/N-ethyl adjacent to an activating group) is 1. The normalized spacial score (nSPS) is 16.7. The summed E-state index contributed by atoms with van der Waals surface area (Å²) in [5.74, 6) is -0.765. The Bertz CT molecular complexity index is 2660. The summed E-state index contributed by atoms with van der Waals surface area (Å²) in [7, 11) is 3.14. The van der Waals surface area contributed by atoms with E-state index in [0.717, 1.165) is 48.3 Å². The summed E-state index contributed by atoms with van der Waals surface area (Å²) in [6, 6.07) is 10.6. The van der Waals surface area contributed by atoms with Crippen LogP contribution in [-0.2, 0) is 39.1 Å². The van der Waals surface area contributed by atoms with Crippen molar-refractivity contribution < 1.29 is 38.2 Å². The maximum absolute atomic E-state index is 13.1. The minimum Gasteiger partial charge on any atom is -0.491 e. The number of rotatable bonds is 16. The smallest absolute Gasteiger partial charge is 0.293 e. The molecule has 63 heavy (non-hydrogen) atoms. The molecule has 2 fully saturated rings. The lowest BCUT2D eigenvalue weighted by molar-refractivity contribution is -0.136. The van der Waals surface area contributed by atoms with Crippen molar-refractivity contribution in [2.24, 2.45) is 13.0 Å². The number of piperidine rings is 2. The number of benzene rings is 2. The van der Waals surface area contributed by atoms with Gasteiger partial charge in [-0.25, -0.2) is 9.67 Å². The lowest BCUT2D eigenvalue weighted by Gasteiger charge is -2.31. The summed E-state index contributed by atoms with van der Waals surface area (Å²) in [6.07, 6.45) is 6.24. The van der Waals surface area contributed by atoms with Gasteiger partial charge >= 0.3 is 0 Å². The summed E-state index contributed by atoms with van der Waals surface area (Å²) in [6.45, 7) is 2.56. The molecule has 20 nitrogen and oxygen atoms in total. The summed E-state index contributed by atoms with van der Waals surface area (Å²) in [5.41, 5.74) is 2.25. The Labute approximate surface area is 364 Å². The number of carbonyl (C=O) groups is 5. The number of halogens is 1. The van der Waals surface area contributed by atoms with E-state index >= 15 is 0 Å². The molecule has 2 saturated heterocycles. The van der Waals surface area contributed by atoms with E-state index in [-0.39, 0.29) is 61.0 Å². The van der Waals surface area contributed by atoms with Crippen LogP contribution in [0.25, 0.3) is 10.9 Å². The lowest BCUT2D eigenvalue weighted by Crippen LogP contribution is -2.54. The van der Waals surface area contributed by atoms with E-state index in [2.05, 4.69) is 36.1 Å². The number of imide groups is 2. The number of fused-ring (bicyclic) bond motifs is 2. The number of nitrogens with zero attached hydrogens (tertiary/aromatic N) is 8. The second-order valence-corrected chi connectivity index (χ2v) is 15.7. The first-order chi connectivity index (χ1) is 30.4. The maximum Gasteiger partial charge on any atom is 0.293 e. The van der Waals surface area contributed by atoms with Crippen LogP contribution in [-0.4, -0.2) is 117 Å². The van der Waals surface area contributed by atoms with Crippen LogP contribution in [0.15, 0.2) is 59.7 Å². The lowest BCUT2D eigenvalue weighted by atomic mass is 9.92. The number of pyridine rings is 1. The highest BCUT2D eigenvalue weighted by Crippen LogP contribution is 2.32. The molecule has 3 aliphatic heterocycles. The van der Waals surface area contributed by atoms with Gasteiger partial charge in [0.25, 0.3) is 23.3 Å². The van der Waals surface area contributed by atoms with Gasteiger partial charge in [-0.2, -0.15) is 4.98 Å². The molecule has 0 radical (unpaired) electrons. The van der Waals surface area contributed by atoms with Gasteiger partial charge < -0.3 is 34.3 Å². The van der Waals surface area contributed by atoms with Gasteiger partial charge in [0.15, 0.2) is 18.2 Å². The Hall–Kier alpha value is -6.93. The highest BCUT2D eigenvalue weighted by molar-refractivity contribution is 6.33. The molecule has 1 atom stereocenters. The number of carbonyl (C=O) groups excluding carboxylic acids is 5. The molecule has 1 unspecified atom stereocenters. The predicted molar refractivity (Wildman–Crippen MR) is 227 cm³/mol. The van der Waals surface area contributed by atoms with Crippen LogP contribution in [0.5, 0.6) is 11.5 Å². The number of hydrogen-bond donors (Lipinski definition) is 3. The molecule has 2 aromatic carbocycles. The molecular weight excluding hydrogens is 838 g/mol. The average molecular weight is 882 g/mol. The molecule has 21 heteroatoms. The van der Waals surface area contributed by atoms with Gasteiger partial charge in [-0.3, -0.25) is 39.0 Å². The molecule has 5 amide bonds. The number of nitrogens with one attached hydrogen (secondary N) is 3. The summed E-state index contributed by atoms with van der Waals surface area (Å²) >= 11 is 6.53. The van der Waals surface area contributed by atoms with Crippen LogP contribution < -0.4 is 35.9 Å². The molecular formula is C42H44ClN11O9. The number of hydrogen-bond acceptors (Lipinski definition) is 15. The molecule has 6 heterocycles. The number of amides is 5. The van der Waals surface area contributed by atoms with Gasteiger partial charge in [-0.1, -0.05) is 16.8 Å². The molecule has 0 spiro atoms. The molecule has 0 saturated carbocycles. The fraction of sp³-hybridized carbons (Fsp3) is 0.381. The van der Waals surface area contributed by atoms with E-state index in [1.165, 1.54) is 23.7 Å². The number of aryl methyl sites for hydroxylation is 1. The summed E-state index contributed by atoms with van der Waals surface area (Å²) in [5, 5.41) is 17.7. The SMILES string of the molecule is CNC(=O)COc1cc2cc(Nc3nc(N4CCC(Cc5cn(CCOCCOc6ccc7c(c6)C(=O)N(C6CCC(=O)NC6=O)C7=O)nn5)CC4)ncc3Cl)ccc2n(C)c1=O. The molecule has 0 aliphatic carbocycles. The number of ether oxygens (including phenoxy) is 3. The Morgan fingerprint density at radius 1 is 0.952 bits per heavy atom. The van der Waals surface area contributed by atoms with E-state index in [1.54, 1.807) is 30.1 Å². The van der Waals surface area contributed by atoms with Crippen LogP contribution in [0.4, 0.5) is 17.5 Å². The molecule has 3 aliphatic rings. The van der Waals surface area contributed by atoms with Crippen LogP contribution in [0, 0.1) is 5.92 Å². The minimum atomic E-state index is -1.03. The Balaban J connectivity index is 0.768. The number of anilines is 3. The van der Waals surface area contributed by atoms with E-state index in [9.17, 15) is 28.8 Å². The zero-order valence-electron chi connectivity index (χ0n) is 34.5. The third-order valence-electron chi connectivity index (χ3n) is 11.2. The quantitative estimate of drug-likeness (QED) is 0.0954. The van der Waals surface area contributed by atoms with Gasteiger partial charge in [0.05, 0.1) is 48.3 Å². The predicted octanol–water partition coefficient (Wildman–Crippen LogP) is 2.40. The first-order valence-corrected chi connectivity index (χ1v) is 20.8. The van der Waals surface area contributed by atoms with Crippen LogP contribution >= 0.6 is 11.6 Å². The Morgan fingerprint density at radius 2 is 1.76 bits per heavy atom. The Kier molecular flexibility index (Phi) is 12.6. The second-order valence-electron chi connectivity index (χ2n) is 15.3. The standard InChI is InChI=1S/C42H44ClN11O9/c1-44-36(56)23-63-34-19-25-18-26(3-6-32(25)51(2)41(34)60)46-37-31(43)21-45-42(48-37)52-11-9-24(10-12-52)17-27-22-53(50-49-27)13-14-61-15-16-62-28-4-5-29-30(20-28)40(59)54(39(29)58)33-7-8-35(55)47-38(33)57/h3-6,18-22,24,33H,7-17,23H2,1-2H3,(H,44,56)(H,45,46,48)(H,47,55,57). The highest BCUT2D eigenvalue weighted by Gasteiger charge is 2.44. The Morgan fingerprint density at radius 3 is 2.56 bits per heavy atom. The van der Waals surface area contributed by atoms with Gasteiger partial charge in [0.1, 0.15) is 23.4 Å². The highest BCUT2D eigenvalue weighted by atomic mass is 35.5. The zero-order chi connectivity index (χ0) is 44.2. The van der Waals surface area contributed by atoms with Gasteiger partial charge in [0.2, 0.25) is 17.8 Å². The summed E-state index contributed by atoms with van der Waals surface area (Å²) < 4.78 is 20.2. The molecule has 328 valence electrons. The zero-order valence-corrected chi connectivity index (χ0v) is 35.2. The molecule has 3 N–H and O–H groups in total. The fourth-order valence-corrected chi connectivity index (χ4v) is 7.92. The van der Waals surface area contributed by atoms with Crippen LogP contribution in [0.1, 0.15) is 52.1 Å². The van der Waals surface area contributed by atoms with Crippen molar-refractivity contribution in [3.05, 3.63) is 87.1 Å². The minimum absolute atomic E-state index is 0.0499. The first-order valence-electron chi connectivity index (χ1n) is 20.4. The van der Waals surface area contributed by atoms with Crippen LogP contribution in [0.3, 0.4) is 0 Å². The topological polar surface area (TPSA) is 234 Å². The van der Waals surface area contributed by atoms with Crippen molar-refractivity contribution >= 4 is 69.5 Å². The first kappa shape index (κ1) is 42.7. The van der Waals surface area contributed by atoms with Crippen molar-refractivity contribution in [3.63, 3.8) is 0 Å². The van der Waals surface area contributed by atoms with E-state index in [4.69, 9.17) is 30.8 Å². The average Bonchev–Trinajstić information content (AvgIpc) is 3.83. The van der Waals surface area contributed by atoms with Gasteiger partial charge in [-0.15, -0.1) is 5.10 Å². The fourth-order valence-electron chi connectivity index (χ4n) is 7.78. The third-order valence-corrected chi connectivity index (χ3v) is 11.5. The van der Waals surface area contributed by atoms with E-state index in [1.807, 2.05) is 24.4 Å². The van der Waals surface area contributed by atoms with E-state index in [0.29, 0.717) is 52.8 Å². The molecule has 8 rings (SSSR count). The molecule has 0 bridgehead atoms. The van der Waals surface area contributed by atoms with Crippen molar-refractivity contribution in [2.75, 3.05) is 56.8 Å². The molecule has 3 aromatic heterocycles. The van der Waals surface area contributed by atoms with Crippen LogP contribution in [0.2, 0.25) is 5.02 Å². The van der Waals surface area contributed by atoms with Crippen molar-refractivity contribution in [3.8, 4) is 11.5 Å². The summed E-state index contributed by atoms with van der Waals surface area (Å²) in [4.78, 5) is 86.6. The van der Waals surface area contributed by atoms with Gasteiger partial charge in [-0.05, 0) is 74.1 Å². The monoisotopic (exact) mass is 881 g/mol. The third kappa shape index (κ3) is 9.46. The van der Waals surface area contributed by atoms with Crippen molar-refractivity contribution in [1.29, 1.82) is 0 Å².